The summed E-state index contributed by atoms with van der Waals surface area (Å²) >= 11 is 0. The maximum atomic E-state index is 11.2. The summed E-state index contributed by atoms with van der Waals surface area (Å²) in [6.07, 6.45) is 2.34. The van der Waals surface area contributed by atoms with Gasteiger partial charge in [-0.15, -0.1) is 0 Å². The summed E-state index contributed by atoms with van der Waals surface area (Å²) in [7, 11) is 0. The minimum absolute atomic E-state index is 0.182. The molecule has 31 heavy (non-hydrogen) atoms. The molecule has 3 rings (SSSR count). The number of hydrogen-bond acceptors (Lipinski definition) is 4. The number of aryl methyl sites for hydroxylation is 1. The highest BCUT2D eigenvalue weighted by atomic mass is 16.5. The van der Waals surface area contributed by atoms with Gasteiger partial charge in [0.2, 0.25) is 5.91 Å². The lowest BCUT2D eigenvalue weighted by molar-refractivity contribution is 0.0676. The van der Waals surface area contributed by atoms with Crippen molar-refractivity contribution in [3.63, 3.8) is 0 Å². The van der Waals surface area contributed by atoms with Gasteiger partial charge in [0.1, 0.15) is 12.4 Å². The van der Waals surface area contributed by atoms with Crippen molar-refractivity contribution in [2.75, 3.05) is 19.8 Å². The van der Waals surface area contributed by atoms with Crippen LogP contribution in [0.1, 0.15) is 46.8 Å². The summed E-state index contributed by atoms with van der Waals surface area (Å²) < 4.78 is 11.8. The van der Waals surface area contributed by atoms with Crippen LogP contribution in [-0.2, 0) is 17.8 Å². The quantitative estimate of drug-likeness (QED) is 0.425. The van der Waals surface area contributed by atoms with Crippen molar-refractivity contribution in [1.82, 2.24) is 10.6 Å². The maximum absolute atomic E-state index is 11.2. The van der Waals surface area contributed by atoms with Crippen LogP contribution < -0.4 is 21.1 Å². The first-order valence-corrected chi connectivity index (χ1v) is 10.8. The highest BCUT2D eigenvalue weighted by molar-refractivity contribution is 5.92. The van der Waals surface area contributed by atoms with Crippen molar-refractivity contribution in [3.05, 3.63) is 64.7 Å². The van der Waals surface area contributed by atoms with Gasteiger partial charge >= 0.3 is 0 Å². The Hall–Kier alpha value is -3.06. The first-order valence-electron chi connectivity index (χ1n) is 10.8. The van der Waals surface area contributed by atoms with Crippen LogP contribution in [0.25, 0.3) is 0 Å². The van der Waals surface area contributed by atoms with Gasteiger partial charge in [-0.3, -0.25) is 4.79 Å². The van der Waals surface area contributed by atoms with Gasteiger partial charge < -0.3 is 25.8 Å². The van der Waals surface area contributed by atoms with E-state index < -0.39 is 5.91 Å². The average Bonchev–Trinajstić information content (AvgIpc) is 3.29. The molecule has 7 heteroatoms. The maximum Gasteiger partial charge on any atom is 0.248 e. The summed E-state index contributed by atoms with van der Waals surface area (Å²) in [5.74, 6) is 1.16. The van der Waals surface area contributed by atoms with Gasteiger partial charge in [0, 0.05) is 30.8 Å². The Bertz CT molecular complexity index is 890. The van der Waals surface area contributed by atoms with E-state index in [4.69, 9.17) is 15.2 Å². The molecule has 1 heterocycles. The van der Waals surface area contributed by atoms with Crippen LogP contribution in [0.2, 0.25) is 0 Å². The van der Waals surface area contributed by atoms with E-state index >= 15 is 0 Å². The van der Waals surface area contributed by atoms with Crippen LogP contribution >= 0.6 is 0 Å². The molecule has 1 aliphatic heterocycles. The molecule has 1 amide bonds. The zero-order chi connectivity index (χ0) is 22.1. The third-order valence-corrected chi connectivity index (χ3v) is 5.12. The Morgan fingerprint density at radius 3 is 2.71 bits per heavy atom. The molecular weight excluding hydrogens is 392 g/mol. The number of amides is 1. The van der Waals surface area contributed by atoms with E-state index in [0.29, 0.717) is 31.2 Å². The van der Waals surface area contributed by atoms with Crippen LogP contribution in [0.3, 0.4) is 0 Å². The van der Waals surface area contributed by atoms with E-state index in [1.165, 1.54) is 0 Å². The zero-order valence-corrected chi connectivity index (χ0v) is 18.3. The van der Waals surface area contributed by atoms with Crippen LogP contribution in [0, 0.1) is 6.92 Å². The molecule has 0 saturated carbocycles. The summed E-state index contributed by atoms with van der Waals surface area (Å²) in [6.45, 7) is 7.32. The van der Waals surface area contributed by atoms with Crippen molar-refractivity contribution >= 4 is 11.9 Å². The minimum Gasteiger partial charge on any atom is -0.491 e. The molecule has 2 aromatic carbocycles. The Balaban J connectivity index is 1.62. The summed E-state index contributed by atoms with van der Waals surface area (Å²) in [5.41, 5.74) is 9.01. The molecule has 166 valence electrons. The SMILES string of the molecule is CCNC(=NCc1ccc(C(N)=O)cc1)NCc1ccc(C)cc1OCC1CCCO1. The number of rotatable bonds is 9. The lowest BCUT2D eigenvalue weighted by atomic mass is 10.1. The standard InChI is InChI=1S/C24H32N4O3/c1-3-26-24(27-14-18-7-10-19(11-8-18)23(25)29)28-15-20-9-6-17(2)13-22(20)31-16-21-5-4-12-30-21/h6-11,13,21H,3-5,12,14-16H2,1-2H3,(H2,25,29)(H2,26,27,28). The normalized spacial score (nSPS) is 16.2. The number of carbonyl (C=O) groups is 1. The topological polar surface area (TPSA) is 98.0 Å². The van der Waals surface area contributed by atoms with Gasteiger partial charge in [-0.05, 0) is 56.0 Å². The molecule has 0 aliphatic carbocycles. The molecule has 1 unspecified atom stereocenters. The van der Waals surface area contributed by atoms with Gasteiger partial charge in [0.25, 0.3) is 0 Å². The molecule has 1 fully saturated rings. The first-order chi connectivity index (χ1) is 15.0. The number of benzene rings is 2. The Morgan fingerprint density at radius 1 is 1.23 bits per heavy atom. The number of primary amides is 1. The smallest absolute Gasteiger partial charge is 0.248 e. The van der Waals surface area contributed by atoms with Gasteiger partial charge in [0.05, 0.1) is 12.6 Å². The predicted molar refractivity (Wildman–Crippen MR) is 122 cm³/mol. The van der Waals surface area contributed by atoms with Crippen LogP contribution in [0.5, 0.6) is 5.75 Å². The number of nitrogens with zero attached hydrogens (tertiary/aromatic N) is 1. The van der Waals surface area contributed by atoms with Crippen molar-refractivity contribution in [2.24, 2.45) is 10.7 Å². The third kappa shape index (κ3) is 7.00. The fraction of sp³-hybridized carbons (Fsp3) is 0.417. The molecule has 1 saturated heterocycles. The largest absolute Gasteiger partial charge is 0.491 e. The van der Waals surface area contributed by atoms with E-state index in [2.05, 4.69) is 40.7 Å². The first kappa shape index (κ1) is 22.6. The zero-order valence-electron chi connectivity index (χ0n) is 18.3. The second-order valence-electron chi connectivity index (χ2n) is 7.67. The summed E-state index contributed by atoms with van der Waals surface area (Å²) in [4.78, 5) is 15.9. The highest BCUT2D eigenvalue weighted by Crippen LogP contribution is 2.22. The Morgan fingerprint density at radius 2 is 2.03 bits per heavy atom. The lowest BCUT2D eigenvalue weighted by Gasteiger charge is -2.17. The molecule has 0 spiro atoms. The number of ether oxygens (including phenoxy) is 2. The highest BCUT2D eigenvalue weighted by Gasteiger charge is 2.17. The Kier molecular flexibility index (Phi) is 8.29. The molecule has 0 aromatic heterocycles. The fourth-order valence-electron chi connectivity index (χ4n) is 3.37. The molecule has 1 aliphatic rings. The second-order valence-corrected chi connectivity index (χ2v) is 7.67. The third-order valence-electron chi connectivity index (χ3n) is 5.12. The van der Waals surface area contributed by atoms with Crippen LogP contribution in [-0.4, -0.2) is 37.7 Å². The number of carbonyl (C=O) groups excluding carboxylic acids is 1. The summed E-state index contributed by atoms with van der Waals surface area (Å²) in [6, 6.07) is 13.4. The van der Waals surface area contributed by atoms with Gasteiger partial charge in [0.15, 0.2) is 5.96 Å². The van der Waals surface area contributed by atoms with Crippen LogP contribution in [0.4, 0.5) is 0 Å². The monoisotopic (exact) mass is 424 g/mol. The predicted octanol–water partition coefficient (Wildman–Crippen LogP) is 2.91. The number of nitrogens with two attached hydrogens (primary N) is 1. The van der Waals surface area contributed by atoms with E-state index in [0.717, 1.165) is 48.4 Å². The van der Waals surface area contributed by atoms with Crippen molar-refractivity contribution < 1.29 is 14.3 Å². The van der Waals surface area contributed by atoms with Crippen molar-refractivity contribution in [3.8, 4) is 5.75 Å². The van der Waals surface area contributed by atoms with Gasteiger partial charge in [-0.25, -0.2) is 4.99 Å². The minimum atomic E-state index is -0.430. The molecule has 1 atom stereocenters. The molecular formula is C24H32N4O3. The van der Waals surface area contributed by atoms with E-state index in [9.17, 15) is 4.79 Å². The molecule has 2 aromatic rings. The number of hydrogen-bond donors (Lipinski definition) is 3. The Labute approximate surface area is 184 Å². The van der Waals surface area contributed by atoms with Gasteiger partial charge in [-0.2, -0.15) is 0 Å². The summed E-state index contributed by atoms with van der Waals surface area (Å²) in [5, 5.41) is 6.64. The number of nitrogens with one attached hydrogen (secondary N) is 2. The number of aliphatic imine (C=N–C) groups is 1. The second kappa shape index (κ2) is 11.4. The molecule has 4 N–H and O–H groups in total. The fourth-order valence-corrected chi connectivity index (χ4v) is 3.37. The van der Waals surface area contributed by atoms with Crippen LogP contribution in [0.15, 0.2) is 47.5 Å². The average molecular weight is 425 g/mol. The van der Waals surface area contributed by atoms with Crippen molar-refractivity contribution in [1.29, 1.82) is 0 Å². The van der Waals surface area contributed by atoms with Gasteiger partial charge in [-0.1, -0.05) is 24.3 Å². The van der Waals surface area contributed by atoms with Crippen molar-refractivity contribution in [2.45, 2.75) is 45.9 Å². The molecule has 0 radical (unpaired) electrons. The lowest BCUT2D eigenvalue weighted by Crippen LogP contribution is -2.36. The van der Waals surface area contributed by atoms with E-state index in [-0.39, 0.29) is 6.10 Å². The molecule has 7 nitrogen and oxygen atoms in total. The van der Waals surface area contributed by atoms with E-state index in [1.54, 1.807) is 12.1 Å². The molecule has 0 bridgehead atoms. The number of guanidine groups is 1. The van der Waals surface area contributed by atoms with E-state index in [1.807, 2.05) is 19.1 Å².